The molecule has 1 rings (SSSR count). The predicted molar refractivity (Wildman–Crippen MR) is 76.9 cm³/mol. The number of likely N-dealkylation sites (tertiary alicyclic amines) is 1. The molecule has 1 heterocycles. The topological polar surface area (TPSA) is 60.0 Å². The molecule has 6 heteroatoms. The first-order valence-electron chi connectivity index (χ1n) is 7.08. The summed E-state index contributed by atoms with van der Waals surface area (Å²) in [6, 6.07) is 0.289. The van der Waals surface area contributed by atoms with Gasteiger partial charge in [-0.05, 0) is 27.2 Å². The summed E-state index contributed by atoms with van der Waals surface area (Å²) in [5.74, 6) is 0. The smallest absolute Gasteiger partial charge is 0.410 e. The quantitative estimate of drug-likeness (QED) is 0.797. The van der Waals surface area contributed by atoms with Crippen LogP contribution in [0.2, 0.25) is 0 Å². The first-order valence-corrected chi connectivity index (χ1v) is 7.08. The minimum absolute atomic E-state index is 0.0376. The molecular weight excluding hydrogens is 260 g/mol. The zero-order chi connectivity index (χ0) is 15.2. The van der Waals surface area contributed by atoms with Gasteiger partial charge in [-0.3, -0.25) is 0 Å². The van der Waals surface area contributed by atoms with Gasteiger partial charge in [0.15, 0.2) is 0 Å². The molecule has 0 aromatic heterocycles. The van der Waals surface area contributed by atoms with E-state index in [0.29, 0.717) is 13.2 Å². The molecule has 1 aliphatic rings. The van der Waals surface area contributed by atoms with Crippen molar-refractivity contribution in [1.82, 2.24) is 10.2 Å². The highest BCUT2D eigenvalue weighted by molar-refractivity contribution is 5.68. The minimum Gasteiger partial charge on any atom is -0.444 e. The van der Waals surface area contributed by atoms with Crippen molar-refractivity contribution in [1.29, 1.82) is 0 Å². The van der Waals surface area contributed by atoms with Gasteiger partial charge in [0.2, 0.25) is 0 Å². The highest BCUT2D eigenvalue weighted by Gasteiger charge is 2.29. The van der Waals surface area contributed by atoms with Crippen molar-refractivity contribution in [2.24, 2.45) is 0 Å². The van der Waals surface area contributed by atoms with Crippen molar-refractivity contribution in [2.75, 3.05) is 40.5 Å². The molecule has 2 atom stereocenters. The standard InChI is InChI=1S/C14H28N2O4/c1-14(2,3)20-13(17)16-7-6-11(9-16)15-8-12(19-5)10-18-4/h11-12,15H,6-10H2,1-5H3. The third kappa shape index (κ3) is 6.07. The summed E-state index contributed by atoms with van der Waals surface area (Å²) in [6.07, 6.45) is 0.736. The highest BCUT2D eigenvalue weighted by atomic mass is 16.6. The number of rotatable bonds is 6. The maximum absolute atomic E-state index is 11.9. The van der Waals surface area contributed by atoms with Gasteiger partial charge in [-0.25, -0.2) is 4.79 Å². The monoisotopic (exact) mass is 288 g/mol. The van der Waals surface area contributed by atoms with Gasteiger partial charge >= 0.3 is 6.09 Å². The van der Waals surface area contributed by atoms with Crippen LogP contribution in [0.1, 0.15) is 27.2 Å². The van der Waals surface area contributed by atoms with Crippen molar-refractivity contribution < 1.29 is 19.0 Å². The maximum atomic E-state index is 11.9. The first kappa shape index (κ1) is 17.2. The van der Waals surface area contributed by atoms with Crippen LogP contribution < -0.4 is 5.32 Å². The van der Waals surface area contributed by atoms with E-state index in [2.05, 4.69) is 5.32 Å². The van der Waals surface area contributed by atoms with Crippen molar-refractivity contribution in [3.8, 4) is 0 Å². The molecule has 0 saturated carbocycles. The van der Waals surface area contributed by atoms with E-state index in [9.17, 15) is 4.79 Å². The lowest BCUT2D eigenvalue weighted by Gasteiger charge is -2.24. The highest BCUT2D eigenvalue weighted by Crippen LogP contribution is 2.15. The first-order chi connectivity index (χ1) is 9.35. The molecule has 0 aromatic carbocycles. The summed E-state index contributed by atoms with van der Waals surface area (Å²) in [4.78, 5) is 13.7. The third-order valence-electron chi connectivity index (χ3n) is 3.16. The van der Waals surface area contributed by atoms with Gasteiger partial charge in [0.05, 0.1) is 12.7 Å². The van der Waals surface area contributed by atoms with Crippen molar-refractivity contribution in [2.45, 2.75) is 44.9 Å². The largest absolute Gasteiger partial charge is 0.444 e. The van der Waals surface area contributed by atoms with Crippen LogP contribution in [0, 0.1) is 0 Å². The van der Waals surface area contributed by atoms with Crippen LogP contribution in [0.5, 0.6) is 0 Å². The Balaban J connectivity index is 2.31. The van der Waals surface area contributed by atoms with E-state index in [4.69, 9.17) is 14.2 Å². The molecule has 1 fully saturated rings. The van der Waals surface area contributed by atoms with E-state index in [0.717, 1.165) is 19.5 Å². The molecular formula is C14H28N2O4. The average molecular weight is 288 g/mol. The van der Waals surface area contributed by atoms with E-state index in [1.54, 1.807) is 19.1 Å². The number of nitrogens with one attached hydrogen (secondary N) is 1. The van der Waals surface area contributed by atoms with E-state index in [1.165, 1.54) is 0 Å². The third-order valence-corrected chi connectivity index (χ3v) is 3.16. The second-order valence-corrected chi connectivity index (χ2v) is 6.13. The van der Waals surface area contributed by atoms with E-state index in [1.807, 2.05) is 20.8 Å². The number of ether oxygens (including phenoxy) is 3. The van der Waals surface area contributed by atoms with Crippen LogP contribution in [0.25, 0.3) is 0 Å². The Hall–Kier alpha value is -0.850. The molecule has 6 nitrogen and oxygen atoms in total. The fourth-order valence-corrected chi connectivity index (χ4v) is 2.11. The van der Waals surface area contributed by atoms with Crippen molar-refractivity contribution in [3.63, 3.8) is 0 Å². The molecule has 1 N–H and O–H groups in total. The summed E-state index contributed by atoms with van der Waals surface area (Å²) in [7, 11) is 3.33. The second-order valence-electron chi connectivity index (χ2n) is 6.13. The van der Waals surface area contributed by atoms with Crippen molar-refractivity contribution >= 4 is 6.09 Å². The molecule has 0 aliphatic carbocycles. The summed E-state index contributed by atoms with van der Waals surface area (Å²) in [5.41, 5.74) is -0.442. The SMILES string of the molecule is COCC(CNC1CCN(C(=O)OC(C)(C)C)C1)OC. The van der Waals surface area contributed by atoms with Gasteiger partial charge in [0.25, 0.3) is 0 Å². The Morgan fingerprint density at radius 1 is 1.40 bits per heavy atom. The average Bonchev–Trinajstić information content (AvgIpc) is 2.81. The molecule has 118 valence electrons. The number of nitrogens with zero attached hydrogens (tertiary/aromatic N) is 1. The molecule has 1 amide bonds. The number of carbonyl (C=O) groups excluding carboxylic acids is 1. The second kappa shape index (κ2) is 7.81. The van der Waals surface area contributed by atoms with Crippen LogP contribution in [0.4, 0.5) is 4.79 Å². The van der Waals surface area contributed by atoms with Crippen LogP contribution in [-0.2, 0) is 14.2 Å². The zero-order valence-corrected chi connectivity index (χ0v) is 13.3. The summed E-state index contributed by atoms with van der Waals surface area (Å²) in [5, 5.41) is 3.41. The number of methoxy groups -OCH3 is 2. The summed E-state index contributed by atoms with van der Waals surface area (Å²) in [6.45, 7) is 8.33. The molecule has 0 aromatic rings. The van der Waals surface area contributed by atoms with E-state index < -0.39 is 5.60 Å². The fraction of sp³-hybridized carbons (Fsp3) is 0.929. The molecule has 20 heavy (non-hydrogen) atoms. The Labute approximate surface area is 121 Å². The molecule has 1 aliphatic heterocycles. The Kier molecular flexibility index (Phi) is 6.71. The summed E-state index contributed by atoms with van der Waals surface area (Å²) >= 11 is 0. The minimum atomic E-state index is -0.442. The lowest BCUT2D eigenvalue weighted by atomic mass is 10.2. The number of hydrogen-bond acceptors (Lipinski definition) is 5. The Morgan fingerprint density at radius 2 is 2.10 bits per heavy atom. The predicted octanol–water partition coefficient (Wildman–Crippen LogP) is 1.25. The van der Waals surface area contributed by atoms with Gasteiger partial charge < -0.3 is 24.4 Å². The maximum Gasteiger partial charge on any atom is 0.410 e. The Morgan fingerprint density at radius 3 is 2.65 bits per heavy atom. The van der Waals surface area contributed by atoms with Gasteiger partial charge in [0.1, 0.15) is 5.60 Å². The molecule has 0 spiro atoms. The van der Waals surface area contributed by atoms with Crippen LogP contribution in [0.15, 0.2) is 0 Å². The molecule has 2 unspecified atom stereocenters. The zero-order valence-electron chi connectivity index (χ0n) is 13.3. The fourth-order valence-electron chi connectivity index (χ4n) is 2.11. The van der Waals surface area contributed by atoms with Crippen LogP contribution >= 0.6 is 0 Å². The lowest BCUT2D eigenvalue weighted by Crippen LogP contribution is -2.41. The van der Waals surface area contributed by atoms with Crippen LogP contribution in [-0.4, -0.2) is 69.2 Å². The number of carbonyl (C=O) groups is 1. The van der Waals surface area contributed by atoms with Crippen molar-refractivity contribution in [3.05, 3.63) is 0 Å². The Bertz CT molecular complexity index is 304. The normalized spacial score (nSPS) is 21.1. The molecule has 1 saturated heterocycles. The van der Waals surface area contributed by atoms with Gasteiger partial charge in [0, 0.05) is 39.9 Å². The number of hydrogen-bond donors (Lipinski definition) is 1. The van der Waals surface area contributed by atoms with Gasteiger partial charge in [-0.15, -0.1) is 0 Å². The van der Waals surface area contributed by atoms with Gasteiger partial charge in [-0.1, -0.05) is 0 Å². The molecule has 0 bridgehead atoms. The van der Waals surface area contributed by atoms with Gasteiger partial charge in [-0.2, -0.15) is 0 Å². The summed E-state index contributed by atoms with van der Waals surface area (Å²) < 4.78 is 15.7. The van der Waals surface area contributed by atoms with Crippen LogP contribution in [0.3, 0.4) is 0 Å². The van der Waals surface area contributed by atoms with E-state index >= 15 is 0 Å². The molecule has 0 radical (unpaired) electrons. The lowest BCUT2D eigenvalue weighted by molar-refractivity contribution is 0.0253. The van der Waals surface area contributed by atoms with E-state index in [-0.39, 0.29) is 18.2 Å². The number of amides is 1.